The Labute approximate surface area is 103 Å². The molecule has 90 valence electrons. The molecular weight excluding hydrogens is 211 g/mol. The molecule has 0 radical (unpaired) electrons. The van der Waals surface area contributed by atoms with Crippen molar-refractivity contribution in [3.05, 3.63) is 34.9 Å². The van der Waals surface area contributed by atoms with E-state index in [0.717, 1.165) is 6.16 Å². The molecule has 0 nitrogen and oxygen atoms in total. The van der Waals surface area contributed by atoms with Gasteiger partial charge in [-0.2, -0.15) is 0 Å². The predicted octanol–water partition coefficient (Wildman–Crippen LogP) is 4.89. The largest absolute Gasteiger partial charge is 0.134 e. The van der Waals surface area contributed by atoms with Gasteiger partial charge in [0.15, 0.2) is 0 Å². The summed E-state index contributed by atoms with van der Waals surface area (Å²) in [6.07, 6.45) is 11.8. The second-order valence-corrected chi connectivity index (χ2v) is 5.88. The molecule has 0 aromatic carbocycles. The Morgan fingerprint density at radius 1 is 1.44 bits per heavy atom. The zero-order valence-corrected chi connectivity index (χ0v) is 12.3. The summed E-state index contributed by atoms with van der Waals surface area (Å²) in [5.41, 5.74) is 4.89. The van der Waals surface area contributed by atoms with Crippen molar-refractivity contribution in [1.29, 1.82) is 0 Å². The van der Waals surface area contributed by atoms with Crippen LogP contribution >= 0.6 is 9.24 Å². The summed E-state index contributed by atoms with van der Waals surface area (Å²) in [4.78, 5) is 0. The average Bonchev–Trinajstić information content (AvgIpc) is 2.21. The molecule has 0 amide bonds. The van der Waals surface area contributed by atoms with Crippen molar-refractivity contribution in [3.63, 3.8) is 0 Å². The number of hydrogen-bond donors (Lipinski definition) is 0. The molecule has 0 bridgehead atoms. The molecule has 1 unspecified atom stereocenters. The van der Waals surface area contributed by atoms with E-state index in [0.29, 0.717) is 5.41 Å². The van der Waals surface area contributed by atoms with Crippen molar-refractivity contribution in [3.8, 4) is 0 Å². The summed E-state index contributed by atoms with van der Waals surface area (Å²) in [7, 11) is 2.74. The van der Waals surface area contributed by atoms with E-state index in [9.17, 15) is 0 Å². The first kappa shape index (κ1) is 13.7. The van der Waals surface area contributed by atoms with Crippen molar-refractivity contribution in [2.45, 2.75) is 47.0 Å². The van der Waals surface area contributed by atoms with Crippen LogP contribution in [0.4, 0.5) is 0 Å². The van der Waals surface area contributed by atoms with Gasteiger partial charge in [-0.3, -0.25) is 0 Å². The number of rotatable bonds is 3. The highest BCUT2D eigenvalue weighted by Crippen LogP contribution is 2.40. The molecule has 1 aliphatic carbocycles. The smallest absolute Gasteiger partial charge is 0.0142 e. The van der Waals surface area contributed by atoms with E-state index >= 15 is 0 Å². The Morgan fingerprint density at radius 2 is 2.12 bits per heavy atom. The molecule has 0 N–H and O–H groups in total. The van der Waals surface area contributed by atoms with Crippen molar-refractivity contribution in [2.75, 3.05) is 6.16 Å². The summed E-state index contributed by atoms with van der Waals surface area (Å²) >= 11 is 0. The van der Waals surface area contributed by atoms with E-state index in [1.54, 1.807) is 11.1 Å². The van der Waals surface area contributed by atoms with Crippen molar-refractivity contribution >= 4 is 9.24 Å². The molecule has 16 heavy (non-hydrogen) atoms. The molecule has 1 rings (SSSR count). The van der Waals surface area contributed by atoms with Crippen LogP contribution in [0.2, 0.25) is 0 Å². The summed E-state index contributed by atoms with van der Waals surface area (Å²) in [5.74, 6) is 0. The normalized spacial score (nSPS) is 21.9. The highest BCUT2D eigenvalue weighted by molar-refractivity contribution is 7.16. The molecule has 0 spiro atoms. The van der Waals surface area contributed by atoms with E-state index in [4.69, 9.17) is 0 Å². The third kappa shape index (κ3) is 3.59. The maximum atomic E-state index is 2.74. The third-order valence-corrected chi connectivity index (χ3v) is 3.97. The Bertz CT molecular complexity index is 329. The van der Waals surface area contributed by atoms with Gasteiger partial charge in [-0.05, 0) is 50.3 Å². The summed E-state index contributed by atoms with van der Waals surface area (Å²) in [6, 6.07) is 0. The Hall–Kier alpha value is -0.350. The molecule has 0 aromatic heterocycles. The number of hydrogen-bond acceptors (Lipinski definition) is 0. The van der Waals surface area contributed by atoms with Gasteiger partial charge in [-0.25, -0.2) is 0 Å². The maximum Gasteiger partial charge on any atom is -0.0142 e. The Balaban J connectivity index is 2.84. The SMILES string of the molecule is CC(C=CC1=C(C)C(C)(C)CCC1)=CCP. The van der Waals surface area contributed by atoms with Gasteiger partial charge in [0.05, 0.1) is 0 Å². The Kier molecular flexibility index (Phi) is 4.99. The fourth-order valence-electron chi connectivity index (χ4n) is 2.22. The predicted molar refractivity (Wildman–Crippen MR) is 77.8 cm³/mol. The van der Waals surface area contributed by atoms with Crippen LogP contribution in [-0.4, -0.2) is 6.16 Å². The molecule has 0 heterocycles. The van der Waals surface area contributed by atoms with Gasteiger partial charge in [-0.1, -0.05) is 43.2 Å². The van der Waals surface area contributed by atoms with Gasteiger partial charge in [-0.15, -0.1) is 9.24 Å². The van der Waals surface area contributed by atoms with Gasteiger partial charge in [0.1, 0.15) is 0 Å². The van der Waals surface area contributed by atoms with Crippen molar-refractivity contribution in [2.24, 2.45) is 5.41 Å². The first-order valence-electron chi connectivity index (χ1n) is 6.22. The highest BCUT2D eigenvalue weighted by atomic mass is 31.0. The van der Waals surface area contributed by atoms with Crippen LogP contribution < -0.4 is 0 Å². The van der Waals surface area contributed by atoms with Crippen LogP contribution in [0.5, 0.6) is 0 Å². The first-order chi connectivity index (χ1) is 7.47. The van der Waals surface area contributed by atoms with Gasteiger partial charge in [0.25, 0.3) is 0 Å². The Morgan fingerprint density at radius 3 is 2.75 bits per heavy atom. The molecule has 0 fully saturated rings. The quantitative estimate of drug-likeness (QED) is 0.483. The highest BCUT2D eigenvalue weighted by Gasteiger charge is 2.25. The lowest BCUT2D eigenvalue weighted by Gasteiger charge is -2.32. The summed E-state index contributed by atoms with van der Waals surface area (Å²) in [6.45, 7) is 9.19. The lowest BCUT2D eigenvalue weighted by molar-refractivity contribution is 0.370. The van der Waals surface area contributed by atoms with Gasteiger partial charge in [0, 0.05) is 0 Å². The van der Waals surface area contributed by atoms with Crippen LogP contribution in [0.25, 0.3) is 0 Å². The molecule has 1 aliphatic rings. The second kappa shape index (κ2) is 5.82. The van der Waals surface area contributed by atoms with Crippen LogP contribution in [-0.2, 0) is 0 Å². The topological polar surface area (TPSA) is 0 Å². The van der Waals surface area contributed by atoms with Crippen molar-refractivity contribution in [1.82, 2.24) is 0 Å². The van der Waals surface area contributed by atoms with Gasteiger partial charge < -0.3 is 0 Å². The maximum absolute atomic E-state index is 2.74. The molecule has 1 atom stereocenters. The van der Waals surface area contributed by atoms with Gasteiger partial charge >= 0.3 is 0 Å². The minimum absolute atomic E-state index is 0.399. The molecule has 0 aliphatic heterocycles. The van der Waals surface area contributed by atoms with E-state index in [1.807, 2.05) is 0 Å². The van der Waals surface area contributed by atoms with Crippen LogP contribution in [0, 0.1) is 5.41 Å². The number of allylic oxidation sites excluding steroid dienone is 6. The fraction of sp³-hybridized carbons (Fsp3) is 0.600. The minimum Gasteiger partial charge on any atom is -0.134 e. The minimum atomic E-state index is 0.399. The molecule has 0 saturated carbocycles. The molecule has 1 heteroatoms. The van der Waals surface area contributed by atoms with Crippen molar-refractivity contribution < 1.29 is 0 Å². The van der Waals surface area contributed by atoms with Crippen LogP contribution in [0.15, 0.2) is 34.9 Å². The van der Waals surface area contributed by atoms with E-state index in [-0.39, 0.29) is 0 Å². The zero-order chi connectivity index (χ0) is 12.2. The first-order valence-corrected chi connectivity index (χ1v) is 7.04. The van der Waals surface area contributed by atoms with Gasteiger partial charge in [0.2, 0.25) is 0 Å². The second-order valence-electron chi connectivity index (χ2n) is 5.40. The van der Waals surface area contributed by atoms with E-state index in [1.165, 1.54) is 24.8 Å². The standard InChI is InChI=1S/C15H25P/c1-12(9-11-16)7-8-14-6-5-10-15(3,4)13(14)2/h7-9H,5-6,10-11,16H2,1-4H3. The zero-order valence-electron chi connectivity index (χ0n) is 11.1. The van der Waals surface area contributed by atoms with Crippen LogP contribution in [0.1, 0.15) is 47.0 Å². The average molecular weight is 236 g/mol. The van der Waals surface area contributed by atoms with E-state index < -0.39 is 0 Å². The summed E-state index contributed by atoms with van der Waals surface area (Å²) in [5, 5.41) is 0. The fourth-order valence-corrected chi connectivity index (χ4v) is 2.60. The lowest BCUT2D eigenvalue weighted by atomic mass is 9.73. The summed E-state index contributed by atoms with van der Waals surface area (Å²) < 4.78 is 0. The van der Waals surface area contributed by atoms with Crippen LogP contribution in [0.3, 0.4) is 0 Å². The molecule has 0 saturated heterocycles. The lowest BCUT2D eigenvalue weighted by Crippen LogP contribution is -2.18. The third-order valence-electron chi connectivity index (χ3n) is 3.73. The molecular formula is C15H25P. The monoisotopic (exact) mass is 236 g/mol. The molecule has 0 aromatic rings. The van der Waals surface area contributed by atoms with E-state index in [2.05, 4.69) is 55.2 Å².